The van der Waals surface area contributed by atoms with Crippen LogP contribution in [0.5, 0.6) is 0 Å². The predicted octanol–water partition coefficient (Wildman–Crippen LogP) is 1.45. The number of benzene rings is 1. The van der Waals surface area contributed by atoms with E-state index in [-0.39, 0.29) is 17.0 Å². The van der Waals surface area contributed by atoms with E-state index < -0.39 is 4.92 Å². The van der Waals surface area contributed by atoms with E-state index >= 15 is 0 Å². The fourth-order valence-corrected chi connectivity index (χ4v) is 1.99. The summed E-state index contributed by atoms with van der Waals surface area (Å²) in [6.45, 7) is 0.400. The Bertz CT molecular complexity index is 836. The maximum atomic E-state index is 12.2. The third-order valence-corrected chi connectivity index (χ3v) is 2.96. The topological polar surface area (TPSA) is 82.4 Å². The molecule has 3 rings (SSSR count). The molecule has 0 bridgehead atoms. The van der Waals surface area contributed by atoms with E-state index in [2.05, 4.69) is 4.98 Å². The van der Waals surface area contributed by atoms with Crippen LogP contribution in [0.25, 0.3) is 5.65 Å². The van der Waals surface area contributed by atoms with Gasteiger partial charge >= 0.3 is 17.0 Å². The Balaban J connectivity index is 2.07. The molecular weight excluding hydrogens is 260 g/mol. The lowest BCUT2D eigenvalue weighted by Gasteiger charge is -2.04. The maximum Gasteiger partial charge on any atom is 0.382 e. The summed E-state index contributed by atoms with van der Waals surface area (Å²) in [5.74, 6) is -0.334. The van der Waals surface area contributed by atoms with Gasteiger partial charge in [0.2, 0.25) is 0 Å². The van der Waals surface area contributed by atoms with E-state index in [0.29, 0.717) is 6.54 Å². The zero-order valence-electron chi connectivity index (χ0n) is 10.3. The first-order valence-corrected chi connectivity index (χ1v) is 5.91. The second kappa shape index (κ2) is 4.61. The Morgan fingerprint density at radius 3 is 2.65 bits per heavy atom. The highest BCUT2D eigenvalue weighted by Gasteiger charge is 2.17. The molecule has 3 aromatic rings. The number of aromatic nitrogens is 3. The number of hydrogen-bond donors (Lipinski definition) is 0. The average Bonchev–Trinajstić information content (AvgIpc) is 2.88. The second-order valence-electron chi connectivity index (χ2n) is 4.30. The van der Waals surface area contributed by atoms with Crippen LogP contribution in [-0.2, 0) is 6.54 Å². The van der Waals surface area contributed by atoms with Gasteiger partial charge in [-0.05, 0) is 15.5 Å². The van der Waals surface area contributed by atoms with Gasteiger partial charge in [-0.3, -0.25) is 9.20 Å². The standard InChI is InChI=1S/C13H10N4O3/c18-13-12-14-11(17(19)20)9-15(12)6-7-16(13)8-10-4-2-1-3-5-10/h1-7,9H,8H2. The lowest BCUT2D eigenvalue weighted by Crippen LogP contribution is -2.22. The van der Waals surface area contributed by atoms with Crippen molar-refractivity contribution in [1.29, 1.82) is 0 Å². The van der Waals surface area contributed by atoms with Crippen LogP contribution in [0.15, 0.2) is 53.7 Å². The summed E-state index contributed by atoms with van der Waals surface area (Å²) in [6, 6.07) is 9.49. The Hall–Kier alpha value is -2.96. The van der Waals surface area contributed by atoms with Crippen molar-refractivity contribution in [2.75, 3.05) is 0 Å². The molecule has 0 fully saturated rings. The molecule has 0 aliphatic carbocycles. The number of rotatable bonds is 3. The van der Waals surface area contributed by atoms with Crippen LogP contribution in [0.2, 0.25) is 0 Å². The highest BCUT2D eigenvalue weighted by atomic mass is 16.6. The van der Waals surface area contributed by atoms with Gasteiger partial charge in [0.25, 0.3) is 0 Å². The van der Waals surface area contributed by atoms with Crippen molar-refractivity contribution in [3.8, 4) is 0 Å². The van der Waals surface area contributed by atoms with Gasteiger partial charge < -0.3 is 14.7 Å². The number of hydrogen-bond acceptors (Lipinski definition) is 4. The Morgan fingerprint density at radius 2 is 1.95 bits per heavy atom. The zero-order chi connectivity index (χ0) is 14.1. The molecule has 0 amide bonds. The van der Waals surface area contributed by atoms with E-state index in [0.717, 1.165) is 5.56 Å². The molecule has 2 aromatic heterocycles. The highest BCUT2D eigenvalue weighted by Crippen LogP contribution is 2.09. The zero-order valence-corrected chi connectivity index (χ0v) is 10.3. The van der Waals surface area contributed by atoms with Gasteiger partial charge in [-0.2, -0.15) is 0 Å². The van der Waals surface area contributed by atoms with Gasteiger partial charge in [0.15, 0.2) is 0 Å². The summed E-state index contributed by atoms with van der Waals surface area (Å²) >= 11 is 0. The van der Waals surface area contributed by atoms with Crippen LogP contribution in [0.1, 0.15) is 5.56 Å². The molecule has 0 unspecified atom stereocenters. The van der Waals surface area contributed by atoms with E-state index in [1.54, 1.807) is 12.4 Å². The first-order chi connectivity index (χ1) is 9.65. The summed E-state index contributed by atoms with van der Waals surface area (Å²) in [5.41, 5.74) is 0.666. The fraction of sp³-hybridized carbons (Fsp3) is 0.0769. The van der Waals surface area contributed by atoms with Crippen LogP contribution in [0, 0.1) is 10.1 Å². The number of fused-ring (bicyclic) bond motifs is 1. The van der Waals surface area contributed by atoms with Gasteiger partial charge in [0.1, 0.15) is 6.20 Å². The van der Waals surface area contributed by atoms with Crippen molar-refractivity contribution in [3.05, 3.63) is 75.0 Å². The van der Waals surface area contributed by atoms with Crippen LogP contribution in [-0.4, -0.2) is 18.9 Å². The molecule has 7 heteroatoms. The Morgan fingerprint density at radius 1 is 1.20 bits per heavy atom. The largest absolute Gasteiger partial charge is 0.382 e. The molecule has 20 heavy (non-hydrogen) atoms. The molecule has 0 saturated heterocycles. The minimum Gasteiger partial charge on any atom is -0.358 e. The highest BCUT2D eigenvalue weighted by molar-refractivity contribution is 5.41. The lowest BCUT2D eigenvalue weighted by atomic mass is 10.2. The first kappa shape index (κ1) is 12.1. The van der Waals surface area contributed by atoms with Crippen molar-refractivity contribution in [2.24, 2.45) is 0 Å². The Kier molecular flexibility index (Phi) is 2.79. The van der Waals surface area contributed by atoms with Gasteiger partial charge in [-0.25, -0.2) is 0 Å². The summed E-state index contributed by atoms with van der Waals surface area (Å²) in [7, 11) is 0. The molecule has 0 aliphatic rings. The van der Waals surface area contributed by atoms with Crippen LogP contribution in [0.4, 0.5) is 5.82 Å². The molecule has 1 aromatic carbocycles. The first-order valence-electron chi connectivity index (χ1n) is 5.91. The molecule has 0 N–H and O–H groups in total. The molecule has 2 heterocycles. The van der Waals surface area contributed by atoms with E-state index in [4.69, 9.17) is 0 Å². The van der Waals surface area contributed by atoms with Gasteiger partial charge in [-0.15, -0.1) is 0 Å². The maximum absolute atomic E-state index is 12.2. The molecule has 7 nitrogen and oxygen atoms in total. The van der Waals surface area contributed by atoms with Crippen LogP contribution in [0.3, 0.4) is 0 Å². The average molecular weight is 270 g/mol. The summed E-state index contributed by atoms with van der Waals surface area (Å²) < 4.78 is 2.84. The molecule has 100 valence electrons. The lowest BCUT2D eigenvalue weighted by molar-refractivity contribution is -0.389. The molecule has 0 radical (unpaired) electrons. The SMILES string of the molecule is O=c1c2nc([N+](=O)[O-])cn2ccn1Cc1ccccc1. The minimum absolute atomic E-state index is 0.0510. The van der Waals surface area contributed by atoms with Crippen LogP contribution >= 0.6 is 0 Å². The number of nitro groups is 1. The quantitative estimate of drug-likeness (QED) is 0.532. The Labute approximate surface area is 112 Å². The van der Waals surface area contributed by atoms with Crippen molar-refractivity contribution in [1.82, 2.24) is 14.0 Å². The summed E-state index contributed by atoms with van der Waals surface area (Å²) in [4.78, 5) is 26.0. The monoisotopic (exact) mass is 270 g/mol. The van der Waals surface area contributed by atoms with E-state index in [9.17, 15) is 14.9 Å². The van der Waals surface area contributed by atoms with E-state index in [1.165, 1.54) is 15.2 Å². The molecule has 0 atom stereocenters. The fourth-order valence-electron chi connectivity index (χ4n) is 1.99. The molecule has 0 aliphatic heterocycles. The molecule has 0 saturated carbocycles. The smallest absolute Gasteiger partial charge is 0.358 e. The minimum atomic E-state index is -0.617. The molecular formula is C13H10N4O3. The van der Waals surface area contributed by atoms with Crippen molar-refractivity contribution >= 4 is 11.5 Å². The number of nitrogens with zero attached hydrogens (tertiary/aromatic N) is 4. The third kappa shape index (κ3) is 2.05. The third-order valence-electron chi connectivity index (χ3n) is 2.96. The molecule has 0 spiro atoms. The summed E-state index contributed by atoms with van der Waals surface area (Å²) in [6.07, 6.45) is 4.40. The van der Waals surface area contributed by atoms with Gasteiger partial charge in [0.05, 0.1) is 6.54 Å². The van der Waals surface area contributed by atoms with Crippen molar-refractivity contribution < 1.29 is 4.92 Å². The van der Waals surface area contributed by atoms with Gasteiger partial charge in [0, 0.05) is 12.4 Å². The van der Waals surface area contributed by atoms with Gasteiger partial charge in [-0.1, -0.05) is 30.3 Å². The second-order valence-corrected chi connectivity index (χ2v) is 4.30. The van der Waals surface area contributed by atoms with Crippen molar-refractivity contribution in [3.63, 3.8) is 0 Å². The normalized spacial score (nSPS) is 10.8. The summed E-state index contributed by atoms with van der Waals surface area (Å²) in [5, 5.41) is 10.7. The van der Waals surface area contributed by atoms with E-state index in [1.807, 2.05) is 30.3 Å². The predicted molar refractivity (Wildman–Crippen MR) is 71.7 cm³/mol. The van der Waals surface area contributed by atoms with Crippen LogP contribution < -0.4 is 5.56 Å². The van der Waals surface area contributed by atoms with Crippen molar-refractivity contribution in [2.45, 2.75) is 6.54 Å². The number of imidazole rings is 1.